The van der Waals surface area contributed by atoms with Gasteiger partial charge in [-0.05, 0) is 30.5 Å². The second-order valence-corrected chi connectivity index (χ2v) is 5.06. The summed E-state index contributed by atoms with van der Waals surface area (Å²) in [6.45, 7) is 3.94. The van der Waals surface area contributed by atoms with Gasteiger partial charge >= 0.3 is 5.97 Å². The number of aliphatic carboxylic acids is 1. The summed E-state index contributed by atoms with van der Waals surface area (Å²) in [6, 6.07) is 3.87. The molecule has 2 N–H and O–H groups in total. The van der Waals surface area contributed by atoms with E-state index in [4.69, 9.17) is 14.6 Å². The van der Waals surface area contributed by atoms with Crippen molar-refractivity contribution in [1.29, 1.82) is 0 Å². The van der Waals surface area contributed by atoms with Gasteiger partial charge < -0.3 is 19.9 Å². The number of nitrogens with one attached hydrogen (secondary N) is 1. The van der Waals surface area contributed by atoms with Crippen LogP contribution < -0.4 is 14.8 Å². The lowest BCUT2D eigenvalue weighted by Crippen LogP contribution is -2.41. The van der Waals surface area contributed by atoms with E-state index in [0.29, 0.717) is 23.5 Å². The lowest BCUT2D eigenvalue weighted by atomic mass is 10.0. The molecule has 1 atom stereocenters. The van der Waals surface area contributed by atoms with Gasteiger partial charge in [-0.3, -0.25) is 4.79 Å². The Kier molecular flexibility index (Phi) is 4.12. The number of carbonyl (C=O) groups excluding carboxylic acids is 1. The maximum atomic E-state index is 12.1. The highest BCUT2D eigenvalue weighted by Crippen LogP contribution is 2.32. The molecule has 0 aromatic heterocycles. The molecule has 1 aliphatic rings. The highest BCUT2D eigenvalue weighted by atomic mass is 16.7. The van der Waals surface area contributed by atoms with E-state index >= 15 is 0 Å². The van der Waals surface area contributed by atoms with E-state index in [9.17, 15) is 9.59 Å². The summed E-state index contributed by atoms with van der Waals surface area (Å²) in [4.78, 5) is 23.2. The molecule has 6 heteroatoms. The number of ether oxygens (including phenoxy) is 2. The minimum absolute atomic E-state index is 0.130. The number of carboxylic acids is 1. The summed E-state index contributed by atoms with van der Waals surface area (Å²) >= 11 is 0. The van der Waals surface area contributed by atoms with Crippen LogP contribution in [0.5, 0.6) is 11.5 Å². The molecular weight excluding hydrogens is 262 g/mol. The fourth-order valence-corrected chi connectivity index (χ4v) is 1.97. The molecule has 1 unspecified atom stereocenters. The first-order valence-electron chi connectivity index (χ1n) is 6.40. The van der Waals surface area contributed by atoms with Crippen LogP contribution in [0.3, 0.4) is 0 Å². The zero-order valence-corrected chi connectivity index (χ0v) is 11.4. The summed E-state index contributed by atoms with van der Waals surface area (Å²) in [7, 11) is 0. The third-order valence-corrected chi connectivity index (χ3v) is 2.95. The Hall–Kier alpha value is -2.24. The van der Waals surface area contributed by atoms with E-state index in [-0.39, 0.29) is 12.7 Å². The molecule has 2 rings (SSSR count). The Bertz CT molecular complexity index is 526. The van der Waals surface area contributed by atoms with Crippen LogP contribution in [0, 0.1) is 5.92 Å². The summed E-state index contributed by atoms with van der Waals surface area (Å²) < 4.78 is 10.3. The third-order valence-electron chi connectivity index (χ3n) is 2.95. The van der Waals surface area contributed by atoms with Gasteiger partial charge in [-0.1, -0.05) is 13.8 Å². The molecule has 1 aliphatic heterocycles. The zero-order valence-electron chi connectivity index (χ0n) is 11.4. The molecule has 0 saturated heterocycles. The van der Waals surface area contributed by atoms with E-state index in [2.05, 4.69) is 5.32 Å². The molecule has 0 spiro atoms. The molecule has 1 heterocycles. The van der Waals surface area contributed by atoms with Crippen molar-refractivity contribution in [3.05, 3.63) is 23.8 Å². The summed E-state index contributed by atoms with van der Waals surface area (Å²) in [5, 5.41) is 11.6. The molecule has 0 saturated carbocycles. The van der Waals surface area contributed by atoms with E-state index in [1.165, 1.54) is 0 Å². The molecule has 6 nitrogen and oxygen atoms in total. The molecule has 0 fully saturated rings. The van der Waals surface area contributed by atoms with Crippen molar-refractivity contribution in [3.63, 3.8) is 0 Å². The normalized spacial score (nSPS) is 14.2. The molecular formula is C14H17NO5. The van der Waals surface area contributed by atoms with Gasteiger partial charge in [0.1, 0.15) is 6.04 Å². The molecule has 0 radical (unpaired) electrons. The highest BCUT2D eigenvalue weighted by molar-refractivity contribution is 5.97. The van der Waals surface area contributed by atoms with E-state index in [0.717, 1.165) is 0 Å². The predicted octanol–water partition coefficient (Wildman–Crippen LogP) is 1.64. The Morgan fingerprint density at radius 1 is 1.30 bits per heavy atom. The molecule has 1 aromatic carbocycles. The van der Waals surface area contributed by atoms with Crippen molar-refractivity contribution in [1.82, 2.24) is 5.32 Å². The lowest BCUT2D eigenvalue weighted by molar-refractivity contribution is -0.139. The van der Waals surface area contributed by atoms with Crippen LogP contribution in [0.25, 0.3) is 0 Å². The van der Waals surface area contributed by atoms with Gasteiger partial charge in [-0.25, -0.2) is 4.79 Å². The Labute approximate surface area is 116 Å². The number of carbonyl (C=O) groups is 2. The van der Waals surface area contributed by atoms with E-state index < -0.39 is 17.9 Å². The fourth-order valence-electron chi connectivity index (χ4n) is 1.97. The first kappa shape index (κ1) is 14.2. The molecule has 0 aliphatic carbocycles. The first-order valence-corrected chi connectivity index (χ1v) is 6.40. The number of fused-ring (bicyclic) bond motifs is 1. The summed E-state index contributed by atoms with van der Waals surface area (Å²) in [6.07, 6.45) is 0.381. The van der Waals surface area contributed by atoms with Gasteiger partial charge in [0.15, 0.2) is 11.5 Å². The van der Waals surface area contributed by atoms with Crippen LogP contribution in [0.1, 0.15) is 30.6 Å². The van der Waals surface area contributed by atoms with Crippen LogP contribution in [0.15, 0.2) is 18.2 Å². The smallest absolute Gasteiger partial charge is 0.326 e. The average Bonchev–Trinajstić information content (AvgIpc) is 2.84. The summed E-state index contributed by atoms with van der Waals surface area (Å²) in [5.41, 5.74) is 0.351. The number of hydrogen-bond acceptors (Lipinski definition) is 4. The second-order valence-electron chi connectivity index (χ2n) is 5.06. The molecule has 0 bridgehead atoms. The number of amides is 1. The molecule has 108 valence electrons. The van der Waals surface area contributed by atoms with Crippen molar-refractivity contribution in [2.75, 3.05) is 6.79 Å². The van der Waals surface area contributed by atoms with Gasteiger partial charge in [-0.15, -0.1) is 0 Å². The lowest BCUT2D eigenvalue weighted by Gasteiger charge is -2.16. The van der Waals surface area contributed by atoms with Crippen LogP contribution >= 0.6 is 0 Å². The van der Waals surface area contributed by atoms with Crippen molar-refractivity contribution in [2.45, 2.75) is 26.3 Å². The van der Waals surface area contributed by atoms with Crippen molar-refractivity contribution in [2.24, 2.45) is 5.92 Å². The zero-order chi connectivity index (χ0) is 14.7. The minimum atomic E-state index is -1.03. The van der Waals surface area contributed by atoms with Gasteiger partial charge in [0.2, 0.25) is 6.79 Å². The molecule has 1 amide bonds. The quantitative estimate of drug-likeness (QED) is 0.856. The maximum absolute atomic E-state index is 12.1. The molecule has 1 aromatic rings. The van der Waals surface area contributed by atoms with E-state index in [1.807, 2.05) is 13.8 Å². The Morgan fingerprint density at radius 2 is 2.00 bits per heavy atom. The van der Waals surface area contributed by atoms with E-state index in [1.54, 1.807) is 18.2 Å². The number of carboxylic acid groups (broad SMARTS) is 1. The van der Waals surface area contributed by atoms with Crippen molar-refractivity contribution in [3.8, 4) is 11.5 Å². The predicted molar refractivity (Wildman–Crippen MR) is 70.9 cm³/mol. The standard InChI is InChI=1S/C14H17NO5/c1-8(2)5-10(14(17)18)15-13(16)9-3-4-11-12(6-9)20-7-19-11/h3-4,6,8,10H,5,7H2,1-2H3,(H,15,16)(H,17,18). The Morgan fingerprint density at radius 3 is 2.65 bits per heavy atom. The second kappa shape index (κ2) is 5.81. The van der Waals surface area contributed by atoms with Gasteiger partial charge in [0.05, 0.1) is 0 Å². The minimum Gasteiger partial charge on any atom is -0.480 e. The first-order chi connectivity index (χ1) is 9.47. The topological polar surface area (TPSA) is 84.9 Å². The Balaban J connectivity index is 2.08. The van der Waals surface area contributed by atoms with Gasteiger partial charge in [0, 0.05) is 5.56 Å². The van der Waals surface area contributed by atoms with Crippen LogP contribution in [-0.2, 0) is 4.79 Å². The largest absolute Gasteiger partial charge is 0.480 e. The number of rotatable bonds is 5. The van der Waals surface area contributed by atoms with Crippen molar-refractivity contribution < 1.29 is 24.2 Å². The van der Waals surface area contributed by atoms with Gasteiger partial charge in [-0.2, -0.15) is 0 Å². The highest BCUT2D eigenvalue weighted by Gasteiger charge is 2.23. The molecule has 20 heavy (non-hydrogen) atoms. The summed E-state index contributed by atoms with van der Waals surface area (Å²) in [5.74, 6) is -0.218. The van der Waals surface area contributed by atoms with Crippen LogP contribution in [0.4, 0.5) is 0 Å². The van der Waals surface area contributed by atoms with Crippen LogP contribution in [-0.4, -0.2) is 29.8 Å². The third kappa shape index (κ3) is 3.20. The van der Waals surface area contributed by atoms with Gasteiger partial charge in [0.25, 0.3) is 5.91 Å². The number of hydrogen-bond donors (Lipinski definition) is 2. The van der Waals surface area contributed by atoms with Crippen LogP contribution in [0.2, 0.25) is 0 Å². The number of benzene rings is 1. The maximum Gasteiger partial charge on any atom is 0.326 e. The monoisotopic (exact) mass is 279 g/mol. The van der Waals surface area contributed by atoms with Crippen molar-refractivity contribution >= 4 is 11.9 Å². The SMILES string of the molecule is CC(C)CC(NC(=O)c1ccc2c(c1)OCO2)C(=O)O. The average molecular weight is 279 g/mol. The fraction of sp³-hybridized carbons (Fsp3) is 0.429.